The molecule has 0 fully saturated rings. The third-order valence-electron chi connectivity index (χ3n) is 2.90. The van der Waals surface area contributed by atoms with Crippen molar-refractivity contribution in [1.29, 1.82) is 0 Å². The molecule has 0 amide bonds. The van der Waals surface area contributed by atoms with Crippen molar-refractivity contribution in [2.45, 2.75) is 19.8 Å². The van der Waals surface area contributed by atoms with Crippen LogP contribution < -0.4 is 4.74 Å². The molecule has 0 aliphatic heterocycles. The topological polar surface area (TPSA) is 65.5 Å². The van der Waals surface area contributed by atoms with E-state index in [1.54, 1.807) is 19.2 Å². The van der Waals surface area contributed by atoms with Crippen LogP contribution >= 0.6 is 0 Å². The lowest BCUT2D eigenvalue weighted by atomic mass is 10.2. The fourth-order valence-electron chi connectivity index (χ4n) is 1.90. The summed E-state index contributed by atoms with van der Waals surface area (Å²) >= 11 is 0. The second-order valence-corrected chi connectivity index (χ2v) is 4.46. The SMILES string of the molecule is CCOC(=O)CCC(=O)COc1cccc2cccnc12. The van der Waals surface area contributed by atoms with Crippen LogP contribution in [0.1, 0.15) is 19.8 Å². The van der Waals surface area contributed by atoms with E-state index < -0.39 is 0 Å². The maximum Gasteiger partial charge on any atom is 0.306 e. The Hall–Kier alpha value is -2.43. The van der Waals surface area contributed by atoms with Crippen molar-refractivity contribution in [3.8, 4) is 5.75 Å². The average Bonchev–Trinajstić information content (AvgIpc) is 2.51. The molecular weight excluding hydrogens is 270 g/mol. The predicted molar refractivity (Wildman–Crippen MR) is 78.1 cm³/mol. The number of rotatable bonds is 7. The third kappa shape index (κ3) is 4.27. The highest BCUT2D eigenvalue weighted by Crippen LogP contribution is 2.22. The van der Waals surface area contributed by atoms with Crippen LogP contribution in [0.2, 0.25) is 0 Å². The fraction of sp³-hybridized carbons (Fsp3) is 0.312. The predicted octanol–water partition coefficient (Wildman–Crippen LogP) is 2.53. The van der Waals surface area contributed by atoms with Gasteiger partial charge in [-0.3, -0.25) is 14.6 Å². The minimum absolute atomic E-state index is 0.0743. The lowest BCUT2D eigenvalue weighted by Gasteiger charge is -2.07. The number of hydrogen-bond acceptors (Lipinski definition) is 5. The van der Waals surface area contributed by atoms with Crippen LogP contribution in [0.25, 0.3) is 10.9 Å². The van der Waals surface area contributed by atoms with E-state index in [2.05, 4.69) is 4.98 Å². The largest absolute Gasteiger partial charge is 0.484 e. The molecule has 1 aromatic heterocycles. The molecule has 0 spiro atoms. The van der Waals surface area contributed by atoms with Crippen LogP contribution in [0.15, 0.2) is 36.5 Å². The molecule has 0 N–H and O–H groups in total. The quantitative estimate of drug-likeness (QED) is 0.732. The van der Waals surface area contributed by atoms with Crippen molar-refractivity contribution >= 4 is 22.7 Å². The Morgan fingerprint density at radius 1 is 1.14 bits per heavy atom. The summed E-state index contributed by atoms with van der Waals surface area (Å²) in [5.74, 6) is 0.0613. The monoisotopic (exact) mass is 287 g/mol. The number of nitrogens with zero attached hydrogens (tertiary/aromatic N) is 1. The molecule has 1 heterocycles. The van der Waals surface area contributed by atoms with E-state index in [4.69, 9.17) is 9.47 Å². The van der Waals surface area contributed by atoms with Crippen LogP contribution in [0.3, 0.4) is 0 Å². The summed E-state index contributed by atoms with van der Waals surface area (Å²) in [6.45, 7) is 1.98. The number of benzene rings is 1. The zero-order valence-corrected chi connectivity index (χ0v) is 11.9. The van der Waals surface area contributed by atoms with Crippen LogP contribution in [0, 0.1) is 0 Å². The normalized spacial score (nSPS) is 10.3. The lowest BCUT2D eigenvalue weighted by Crippen LogP contribution is -2.14. The smallest absolute Gasteiger partial charge is 0.306 e. The highest BCUT2D eigenvalue weighted by Gasteiger charge is 2.10. The Morgan fingerprint density at radius 3 is 2.76 bits per heavy atom. The Balaban J connectivity index is 1.90. The zero-order valence-electron chi connectivity index (χ0n) is 11.9. The molecule has 0 saturated carbocycles. The first kappa shape index (κ1) is 15.0. The van der Waals surface area contributed by atoms with E-state index in [-0.39, 0.29) is 31.2 Å². The fourth-order valence-corrected chi connectivity index (χ4v) is 1.90. The van der Waals surface area contributed by atoms with Gasteiger partial charge >= 0.3 is 5.97 Å². The second kappa shape index (κ2) is 7.38. The Bertz CT molecular complexity index is 634. The van der Waals surface area contributed by atoms with Gasteiger partial charge < -0.3 is 9.47 Å². The van der Waals surface area contributed by atoms with Gasteiger partial charge in [0.2, 0.25) is 0 Å². The molecule has 0 aliphatic carbocycles. The summed E-state index contributed by atoms with van der Waals surface area (Å²) < 4.78 is 10.3. The number of carbonyl (C=O) groups is 2. The molecular formula is C16H17NO4. The number of carbonyl (C=O) groups excluding carboxylic acids is 2. The molecule has 0 saturated heterocycles. The standard InChI is InChI=1S/C16H17NO4/c1-2-20-15(19)9-8-13(18)11-21-14-7-3-5-12-6-4-10-17-16(12)14/h3-7,10H,2,8-9,11H2,1H3. The maximum atomic E-state index is 11.7. The number of Topliss-reactive ketones (excluding diaryl/α,β-unsaturated/α-hetero) is 1. The Kier molecular flexibility index (Phi) is 5.26. The average molecular weight is 287 g/mol. The van der Waals surface area contributed by atoms with Gasteiger partial charge in [0.15, 0.2) is 5.78 Å². The molecule has 5 heteroatoms. The summed E-state index contributed by atoms with van der Waals surface area (Å²) in [7, 11) is 0. The minimum Gasteiger partial charge on any atom is -0.484 e. The number of hydrogen-bond donors (Lipinski definition) is 0. The van der Waals surface area contributed by atoms with Gasteiger partial charge in [-0.15, -0.1) is 0 Å². The second-order valence-electron chi connectivity index (χ2n) is 4.46. The van der Waals surface area contributed by atoms with E-state index in [0.717, 1.165) is 10.9 Å². The lowest BCUT2D eigenvalue weighted by molar-refractivity contribution is -0.144. The van der Waals surface area contributed by atoms with Gasteiger partial charge in [-0.1, -0.05) is 18.2 Å². The van der Waals surface area contributed by atoms with E-state index in [1.807, 2.05) is 24.3 Å². The van der Waals surface area contributed by atoms with E-state index in [1.165, 1.54) is 0 Å². The first-order valence-electron chi connectivity index (χ1n) is 6.84. The molecule has 5 nitrogen and oxygen atoms in total. The summed E-state index contributed by atoms with van der Waals surface area (Å²) in [6.07, 6.45) is 1.89. The third-order valence-corrected chi connectivity index (χ3v) is 2.90. The Labute approximate surface area is 122 Å². The molecule has 0 aliphatic rings. The van der Waals surface area contributed by atoms with Gasteiger partial charge in [-0.05, 0) is 19.1 Å². The van der Waals surface area contributed by atoms with Crippen LogP contribution in [0.5, 0.6) is 5.75 Å². The molecule has 0 radical (unpaired) electrons. The molecule has 1 aromatic carbocycles. The summed E-state index contributed by atoms with van der Waals surface area (Å²) in [6, 6.07) is 9.32. The highest BCUT2D eigenvalue weighted by atomic mass is 16.5. The first-order chi connectivity index (χ1) is 10.2. The summed E-state index contributed by atoms with van der Waals surface area (Å²) in [5, 5.41) is 0.953. The van der Waals surface area contributed by atoms with E-state index in [0.29, 0.717) is 12.4 Å². The summed E-state index contributed by atoms with van der Waals surface area (Å²) in [5.41, 5.74) is 0.721. The number of fused-ring (bicyclic) bond motifs is 1. The number of pyridine rings is 1. The minimum atomic E-state index is -0.363. The number of aromatic nitrogens is 1. The zero-order chi connectivity index (χ0) is 15.1. The van der Waals surface area contributed by atoms with E-state index >= 15 is 0 Å². The van der Waals surface area contributed by atoms with E-state index in [9.17, 15) is 9.59 Å². The van der Waals surface area contributed by atoms with Gasteiger partial charge in [0.05, 0.1) is 13.0 Å². The van der Waals surface area contributed by atoms with Crippen molar-refractivity contribution in [2.24, 2.45) is 0 Å². The maximum absolute atomic E-state index is 11.7. The van der Waals surface area contributed by atoms with Crippen molar-refractivity contribution in [1.82, 2.24) is 4.98 Å². The number of para-hydroxylation sites is 1. The number of ether oxygens (including phenoxy) is 2. The highest BCUT2D eigenvalue weighted by molar-refractivity contribution is 5.86. The first-order valence-corrected chi connectivity index (χ1v) is 6.84. The van der Waals surface area contributed by atoms with Crippen LogP contribution in [0.4, 0.5) is 0 Å². The summed E-state index contributed by atoms with van der Waals surface area (Å²) in [4.78, 5) is 27.1. The molecule has 0 atom stereocenters. The van der Waals surface area contributed by atoms with Gasteiger partial charge in [0.1, 0.15) is 17.9 Å². The Morgan fingerprint density at radius 2 is 1.95 bits per heavy atom. The molecule has 110 valence electrons. The van der Waals surface area contributed by atoms with Crippen LogP contribution in [-0.2, 0) is 14.3 Å². The number of ketones is 1. The molecule has 0 bridgehead atoms. The molecule has 2 aromatic rings. The van der Waals surface area contributed by atoms with Crippen molar-refractivity contribution in [3.05, 3.63) is 36.5 Å². The molecule has 2 rings (SSSR count). The van der Waals surface area contributed by atoms with Crippen molar-refractivity contribution in [3.63, 3.8) is 0 Å². The van der Waals surface area contributed by atoms with Gasteiger partial charge in [-0.2, -0.15) is 0 Å². The van der Waals surface area contributed by atoms with Crippen molar-refractivity contribution in [2.75, 3.05) is 13.2 Å². The molecule has 0 unspecified atom stereocenters. The van der Waals surface area contributed by atoms with Crippen LogP contribution in [-0.4, -0.2) is 30.0 Å². The van der Waals surface area contributed by atoms with Crippen molar-refractivity contribution < 1.29 is 19.1 Å². The van der Waals surface area contributed by atoms with Gasteiger partial charge in [0, 0.05) is 18.0 Å². The molecule has 21 heavy (non-hydrogen) atoms. The van der Waals surface area contributed by atoms with Gasteiger partial charge in [0.25, 0.3) is 0 Å². The number of esters is 1. The van der Waals surface area contributed by atoms with Gasteiger partial charge in [-0.25, -0.2) is 0 Å².